The van der Waals surface area contributed by atoms with Crippen molar-refractivity contribution < 1.29 is 9.59 Å². The van der Waals surface area contributed by atoms with Gasteiger partial charge in [0.25, 0.3) is 5.91 Å². The molecular formula is C15H23ClN4O2. The topological polar surface area (TPSA) is 82.3 Å². The molecule has 1 aromatic rings. The number of benzene rings is 1. The minimum Gasteiger partial charge on any atom is -0.352 e. The van der Waals surface area contributed by atoms with Crippen LogP contribution in [-0.2, 0) is 0 Å². The Balaban J connectivity index is 0.00000242. The Morgan fingerprint density at radius 1 is 1.32 bits per heavy atom. The Labute approximate surface area is 136 Å². The van der Waals surface area contributed by atoms with Gasteiger partial charge in [-0.2, -0.15) is 0 Å². The van der Waals surface area contributed by atoms with E-state index in [9.17, 15) is 9.59 Å². The van der Waals surface area contributed by atoms with Crippen LogP contribution in [0.2, 0.25) is 0 Å². The van der Waals surface area contributed by atoms with Crippen molar-refractivity contribution in [1.82, 2.24) is 16.0 Å². The lowest BCUT2D eigenvalue weighted by atomic mass is 10.0. The number of halogens is 1. The van der Waals surface area contributed by atoms with Crippen molar-refractivity contribution in [2.75, 3.05) is 25.0 Å². The molecule has 122 valence electrons. The van der Waals surface area contributed by atoms with E-state index in [1.807, 2.05) is 13.8 Å². The van der Waals surface area contributed by atoms with E-state index in [0.29, 0.717) is 23.7 Å². The number of carbonyl (C=O) groups is 2. The first-order valence-electron chi connectivity index (χ1n) is 7.21. The van der Waals surface area contributed by atoms with Gasteiger partial charge in [0.15, 0.2) is 0 Å². The van der Waals surface area contributed by atoms with Crippen molar-refractivity contribution in [3.63, 3.8) is 0 Å². The molecule has 3 amide bonds. The molecule has 1 fully saturated rings. The standard InChI is InChI=1S/C15H22N4O2.ClH/c1-10(2)18-15(21)19-13-5-3-4-12(6-13)14(20)17-9-11-7-16-8-11;/h3-6,10-11,16H,7-9H2,1-2H3,(H,17,20)(H2,18,19,21);1H. The molecular weight excluding hydrogens is 304 g/mol. The molecule has 4 N–H and O–H groups in total. The first-order valence-corrected chi connectivity index (χ1v) is 7.21. The highest BCUT2D eigenvalue weighted by molar-refractivity contribution is 5.96. The van der Waals surface area contributed by atoms with Gasteiger partial charge >= 0.3 is 6.03 Å². The highest BCUT2D eigenvalue weighted by atomic mass is 35.5. The lowest BCUT2D eigenvalue weighted by molar-refractivity contribution is 0.0942. The number of rotatable bonds is 5. The van der Waals surface area contributed by atoms with Gasteiger partial charge in [0.1, 0.15) is 0 Å². The van der Waals surface area contributed by atoms with Crippen LogP contribution in [0, 0.1) is 5.92 Å². The second-order valence-electron chi connectivity index (χ2n) is 5.57. The number of carbonyl (C=O) groups excluding carboxylic acids is 2. The van der Waals surface area contributed by atoms with Crippen molar-refractivity contribution >= 4 is 30.0 Å². The molecule has 1 heterocycles. The van der Waals surface area contributed by atoms with Crippen LogP contribution in [0.15, 0.2) is 24.3 Å². The molecule has 0 saturated carbocycles. The molecule has 0 bridgehead atoms. The summed E-state index contributed by atoms with van der Waals surface area (Å²) in [5.41, 5.74) is 1.15. The summed E-state index contributed by atoms with van der Waals surface area (Å²) in [6.45, 7) is 6.36. The summed E-state index contributed by atoms with van der Waals surface area (Å²) in [5, 5.41) is 11.5. The Bertz CT molecular complexity index is 518. The van der Waals surface area contributed by atoms with Crippen LogP contribution in [-0.4, -0.2) is 37.6 Å². The van der Waals surface area contributed by atoms with Gasteiger partial charge in [-0.1, -0.05) is 6.07 Å². The van der Waals surface area contributed by atoms with Gasteiger partial charge in [-0.3, -0.25) is 4.79 Å². The maximum Gasteiger partial charge on any atom is 0.319 e. The van der Waals surface area contributed by atoms with Crippen molar-refractivity contribution in [1.29, 1.82) is 0 Å². The summed E-state index contributed by atoms with van der Waals surface area (Å²) < 4.78 is 0. The van der Waals surface area contributed by atoms with Crippen LogP contribution in [0.4, 0.5) is 10.5 Å². The van der Waals surface area contributed by atoms with Crippen LogP contribution in [0.1, 0.15) is 24.2 Å². The fraction of sp³-hybridized carbons (Fsp3) is 0.467. The molecule has 22 heavy (non-hydrogen) atoms. The monoisotopic (exact) mass is 326 g/mol. The molecule has 2 rings (SSSR count). The van der Waals surface area contributed by atoms with Crippen LogP contribution in [0.5, 0.6) is 0 Å². The van der Waals surface area contributed by atoms with Crippen molar-refractivity contribution in [2.24, 2.45) is 5.92 Å². The third-order valence-electron chi connectivity index (χ3n) is 3.22. The summed E-state index contributed by atoms with van der Waals surface area (Å²) >= 11 is 0. The molecule has 1 aromatic carbocycles. The number of hydrogen-bond acceptors (Lipinski definition) is 3. The van der Waals surface area contributed by atoms with E-state index in [1.165, 1.54) is 0 Å². The molecule has 0 aromatic heterocycles. The van der Waals surface area contributed by atoms with Crippen LogP contribution in [0.25, 0.3) is 0 Å². The molecule has 1 saturated heterocycles. The van der Waals surface area contributed by atoms with Gasteiger partial charge in [-0.05, 0) is 32.0 Å². The van der Waals surface area contributed by atoms with E-state index in [-0.39, 0.29) is 30.4 Å². The molecule has 0 radical (unpaired) electrons. The maximum atomic E-state index is 12.0. The zero-order chi connectivity index (χ0) is 15.2. The van der Waals surface area contributed by atoms with E-state index < -0.39 is 0 Å². The SMILES string of the molecule is CC(C)NC(=O)Nc1cccc(C(=O)NCC2CNC2)c1.Cl. The molecule has 1 aliphatic heterocycles. The van der Waals surface area contributed by atoms with Gasteiger partial charge in [-0.15, -0.1) is 12.4 Å². The zero-order valence-corrected chi connectivity index (χ0v) is 13.6. The number of urea groups is 1. The Kier molecular flexibility index (Phi) is 7.14. The summed E-state index contributed by atoms with van der Waals surface area (Å²) in [6, 6.07) is 6.71. The molecule has 7 heteroatoms. The average molecular weight is 327 g/mol. The largest absolute Gasteiger partial charge is 0.352 e. The summed E-state index contributed by atoms with van der Waals surface area (Å²) in [6.07, 6.45) is 0. The number of anilines is 1. The highest BCUT2D eigenvalue weighted by Crippen LogP contribution is 2.11. The second-order valence-corrected chi connectivity index (χ2v) is 5.57. The van der Waals surface area contributed by atoms with E-state index in [2.05, 4.69) is 21.3 Å². The number of nitrogens with one attached hydrogen (secondary N) is 4. The molecule has 0 aliphatic carbocycles. The van der Waals surface area contributed by atoms with E-state index in [1.54, 1.807) is 24.3 Å². The lowest BCUT2D eigenvalue weighted by Crippen LogP contribution is -2.48. The third kappa shape index (κ3) is 5.54. The minimum atomic E-state index is -0.275. The summed E-state index contributed by atoms with van der Waals surface area (Å²) in [4.78, 5) is 23.7. The van der Waals surface area contributed by atoms with Gasteiger partial charge in [0.05, 0.1) is 0 Å². The Hall–Kier alpha value is -1.79. The van der Waals surface area contributed by atoms with Gasteiger partial charge < -0.3 is 21.3 Å². The van der Waals surface area contributed by atoms with Crippen LogP contribution in [0.3, 0.4) is 0 Å². The van der Waals surface area contributed by atoms with Crippen molar-refractivity contribution in [3.05, 3.63) is 29.8 Å². The second kappa shape index (κ2) is 8.60. The van der Waals surface area contributed by atoms with E-state index >= 15 is 0 Å². The zero-order valence-electron chi connectivity index (χ0n) is 12.8. The number of hydrogen-bond donors (Lipinski definition) is 4. The normalized spacial score (nSPS) is 13.8. The van der Waals surface area contributed by atoms with Gasteiger partial charge in [-0.25, -0.2) is 4.79 Å². The third-order valence-corrected chi connectivity index (χ3v) is 3.22. The first-order chi connectivity index (χ1) is 10.0. The predicted octanol–water partition coefficient (Wildman–Crippen LogP) is 1.59. The predicted molar refractivity (Wildman–Crippen MR) is 89.7 cm³/mol. The first kappa shape index (κ1) is 18.3. The van der Waals surface area contributed by atoms with Crippen molar-refractivity contribution in [3.8, 4) is 0 Å². The molecule has 0 spiro atoms. The Morgan fingerprint density at radius 2 is 2.05 bits per heavy atom. The summed E-state index contributed by atoms with van der Waals surface area (Å²) in [7, 11) is 0. The fourth-order valence-corrected chi connectivity index (χ4v) is 2.00. The van der Waals surface area contributed by atoms with Gasteiger partial charge in [0.2, 0.25) is 0 Å². The lowest BCUT2D eigenvalue weighted by Gasteiger charge is -2.27. The van der Waals surface area contributed by atoms with Crippen LogP contribution < -0.4 is 21.3 Å². The smallest absolute Gasteiger partial charge is 0.319 e. The molecule has 6 nitrogen and oxygen atoms in total. The molecule has 0 unspecified atom stereocenters. The minimum absolute atomic E-state index is 0. The van der Waals surface area contributed by atoms with E-state index in [0.717, 1.165) is 13.1 Å². The van der Waals surface area contributed by atoms with Gasteiger partial charge in [0, 0.05) is 42.8 Å². The average Bonchev–Trinajstić information content (AvgIpc) is 2.35. The van der Waals surface area contributed by atoms with Crippen molar-refractivity contribution in [2.45, 2.75) is 19.9 Å². The van der Waals surface area contributed by atoms with E-state index in [4.69, 9.17) is 0 Å². The highest BCUT2D eigenvalue weighted by Gasteiger charge is 2.17. The quantitative estimate of drug-likeness (QED) is 0.663. The Morgan fingerprint density at radius 3 is 2.64 bits per heavy atom. The fourth-order valence-electron chi connectivity index (χ4n) is 2.00. The van der Waals surface area contributed by atoms with Crippen LogP contribution >= 0.6 is 12.4 Å². The molecule has 0 atom stereocenters. The number of amides is 3. The summed E-state index contributed by atoms with van der Waals surface area (Å²) in [5.74, 6) is 0.405. The maximum absolute atomic E-state index is 12.0. The molecule has 1 aliphatic rings.